The molecule has 0 aromatic carbocycles. The third kappa shape index (κ3) is 2.21. The van der Waals surface area contributed by atoms with Crippen molar-refractivity contribution in [3.63, 3.8) is 0 Å². The summed E-state index contributed by atoms with van der Waals surface area (Å²) in [6.07, 6.45) is 6.30. The number of allylic oxidation sites excluding steroid dienone is 1. The molecule has 2 unspecified atom stereocenters. The van der Waals surface area contributed by atoms with Crippen LogP contribution in [0.5, 0.6) is 0 Å². The van der Waals surface area contributed by atoms with E-state index in [2.05, 4.69) is 27.8 Å². The number of nitrogens with one attached hydrogen (secondary N) is 2. The molecule has 72 valence electrons. The van der Waals surface area contributed by atoms with E-state index in [9.17, 15) is 5.11 Å². The van der Waals surface area contributed by atoms with Gasteiger partial charge in [-0.2, -0.15) is 0 Å². The molecule has 1 aliphatic carbocycles. The Labute approximate surface area is 77.7 Å². The van der Waals surface area contributed by atoms with Gasteiger partial charge in [0, 0.05) is 12.6 Å². The fraction of sp³-hybridized carbons (Fsp3) is 0.667. The van der Waals surface area contributed by atoms with E-state index in [4.69, 9.17) is 0 Å². The SMILES string of the molecule is OC1CN=C(NC2C=CCC2)NC1. The van der Waals surface area contributed by atoms with Crippen LogP contribution in [-0.4, -0.2) is 36.3 Å². The quantitative estimate of drug-likeness (QED) is 0.483. The second-order valence-electron chi connectivity index (χ2n) is 3.48. The van der Waals surface area contributed by atoms with Crippen molar-refractivity contribution in [2.24, 2.45) is 4.99 Å². The van der Waals surface area contributed by atoms with Crippen molar-refractivity contribution < 1.29 is 5.11 Å². The number of hydrogen-bond acceptors (Lipinski definition) is 4. The van der Waals surface area contributed by atoms with Crippen molar-refractivity contribution >= 4 is 5.96 Å². The number of rotatable bonds is 1. The first-order valence-corrected chi connectivity index (χ1v) is 4.74. The molecule has 0 saturated carbocycles. The van der Waals surface area contributed by atoms with E-state index in [1.807, 2.05) is 0 Å². The lowest BCUT2D eigenvalue weighted by Crippen LogP contribution is -2.48. The van der Waals surface area contributed by atoms with Crippen molar-refractivity contribution in [2.45, 2.75) is 25.0 Å². The maximum absolute atomic E-state index is 9.18. The molecule has 13 heavy (non-hydrogen) atoms. The lowest BCUT2D eigenvalue weighted by Gasteiger charge is -2.22. The normalized spacial score (nSPS) is 32.5. The maximum atomic E-state index is 9.18. The van der Waals surface area contributed by atoms with Crippen LogP contribution in [0.2, 0.25) is 0 Å². The van der Waals surface area contributed by atoms with E-state index in [1.165, 1.54) is 0 Å². The number of aliphatic hydroxyl groups is 1. The summed E-state index contributed by atoms with van der Waals surface area (Å²) in [6.45, 7) is 1.11. The van der Waals surface area contributed by atoms with Gasteiger partial charge in [-0.25, -0.2) is 0 Å². The smallest absolute Gasteiger partial charge is 0.191 e. The highest BCUT2D eigenvalue weighted by atomic mass is 16.3. The second kappa shape index (κ2) is 3.79. The summed E-state index contributed by atoms with van der Waals surface area (Å²) in [5, 5.41) is 15.5. The minimum atomic E-state index is -0.329. The Morgan fingerprint density at radius 1 is 1.62 bits per heavy atom. The molecule has 0 aromatic rings. The molecule has 2 atom stereocenters. The Hall–Kier alpha value is -1.03. The highest BCUT2D eigenvalue weighted by Gasteiger charge is 2.15. The minimum Gasteiger partial charge on any atom is -0.389 e. The Bertz CT molecular complexity index is 237. The zero-order chi connectivity index (χ0) is 9.10. The standard InChI is InChI=1S/C9H15N3O/c13-8-5-10-9(11-6-8)12-7-3-1-2-4-7/h1,3,7-8,13H,2,4-6H2,(H2,10,11,12). The highest BCUT2D eigenvalue weighted by molar-refractivity contribution is 5.81. The zero-order valence-electron chi connectivity index (χ0n) is 7.53. The highest BCUT2D eigenvalue weighted by Crippen LogP contribution is 2.08. The lowest BCUT2D eigenvalue weighted by molar-refractivity contribution is 0.180. The molecule has 0 amide bonds. The van der Waals surface area contributed by atoms with Crippen LogP contribution < -0.4 is 10.6 Å². The number of aliphatic hydroxyl groups excluding tert-OH is 1. The molecular weight excluding hydrogens is 166 g/mol. The molecule has 0 radical (unpaired) electrons. The van der Waals surface area contributed by atoms with Crippen molar-refractivity contribution in [1.82, 2.24) is 10.6 Å². The first kappa shape index (κ1) is 8.56. The molecular formula is C9H15N3O. The average Bonchev–Trinajstić information content (AvgIpc) is 2.62. The van der Waals surface area contributed by atoms with Crippen molar-refractivity contribution in [3.8, 4) is 0 Å². The predicted molar refractivity (Wildman–Crippen MR) is 51.6 cm³/mol. The van der Waals surface area contributed by atoms with Crippen LogP contribution in [0.4, 0.5) is 0 Å². The molecule has 1 heterocycles. The van der Waals surface area contributed by atoms with E-state index >= 15 is 0 Å². The van der Waals surface area contributed by atoms with Gasteiger partial charge in [0.15, 0.2) is 5.96 Å². The summed E-state index contributed by atoms with van der Waals surface area (Å²) >= 11 is 0. The van der Waals surface area contributed by atoms with E-state index in [1.54, 1.807) is 0 Å². The molecule has 0 aromatic heterocycles. The van der Waals surface area contributed by atoms with Crippen LogP contribution in [-0.2, 0) is 0 Å². The van der Waals surface area contributed by atoms with E-state index in [0.29, 0.717) is 19.1 Å². The van der Waals surface area contributed by atoms with Gasteiger partial charge in [0.25, 0.3) is 0 Å². The van der Waals surface area contributed by atoms with Gasteiger partial charge in [-0.3, -0.25) is 4.99 Å². The Morgan fingerprint density at radius 3 is 3.15 bits per heavy atom. The Kier molecular flexibility index (Phi) is 2.49. The molecule has 4 heteroatoms. The summed E-state index contributed by atoms with van der Waals surface area (Å²) in [4.78, 5) is 4.18. The van der Waals surface area contributed by atoms with Crippen molar-refractivity contribution in [3.05, 3.63) is 12.2 Å². The van der Waals surface area contributed by atoms with Gasteiger partial charge in [0.1, 0.15) is 0 Å². The van der Waals surface area contributed by atoms with Gasteiger partial charge in [0.2, 0.25) is 0 Å². The first-order chi connectivity index (χ1) is 6.34. The predicted octanol–water partition coefficient (Wildman–Crippen LogP) is -0.385. The number of aliphatic imine (C=N–C) groups is 1. The van der Waals surface area contributed by atoms with Gasteiger partial charge in [-0.1, -0.05) is 12.2 Å². The summed E-state index contributed by atoms with van der Waals surface area (Å²) in [5.74, 6) is 0.821. The average molecular weight is 181 g/mol. The molecule has 2 aliphatic rings. The summed E-state index contributed by atoms with van der Waals surface area (Å²) in [6, 6.07) is 0.418. The van der Waals surface area contributed by atoms with Gasteiger partial charge < -0.3 is 15.7 Å². The van der Waals surface area contributed by atoms with E-state index < -0.39 is 0 Å². The van der Waals surface area contributed by atoms with Gasteiger partial charge in [0.05, 0.1) is 12.6 Å². The number of guanidine groups is 1. The van der Waals surface area contributed by atoms with Gasteiger partial charge in [-0.05, 0) is 12.8 Å². The monoisotopic (exact) mass is 181 g/mol. The molecule has 1 aliphatic heterocycles. The van der Waals surface area contributed by atoms with Crippen molar-refractivity contribution in [1.29, 1.82) is 0 Å². The van der Waals surface area contributed by atoms with Crippen molar-refractivity contribution in [2.75, 3.05) is 13.1 Å². The molecule has 0 spiro atoms. The summed E-state index contributed by atoms with van der Waals surface area (Å²) in [5.41, 5.74) is 0. The number of hydrogen-bond donors (Lipinski definition) is 3. The van der Waals surface area contributed by atoms with E-state index in [-0.39, 0.29) is 6.10 Å². The minimum absolute atomic E-state index is 0.329. The lowest BCUT2D eigenvalue weighted by atomic mass is 10.2. The fourth-order valence-electron chi connectivity index (χ4n) is 1.56. The number of nitrogens with zero attached hydrogens (tertiary/aromatic N) is 1. The topological polar surface area (TPSA) is 56.7 Å². The third-order valence-corrected chi connectivity index (χ3v) is 2.30. The molecule has 0 saturated heterocycles. The molecule has 2 rings (SSSR count). The van der Waals surface area contributed by atoms with Crippen LogP contribution in [0.25, 0.3) is 0 Å². The summed E-state index contributed by atoms with van der Waals surface area (Å²) in [7, 11) is 0. The summed E-state index contributed by atoms with van der Waals surface area (Å²) < 4.78 is 0. The third-order valence-electron chi connectivity index (χ3n) is 2.30. The zero-order valence-corrected chi connectivity index (χ0v) is 7.53. The molecule has 4 nitrogen and oxygen atoms in total. The van der Waals surface area contributed by atoms with Crippen LogP contribution in [0, 0.1) is 0 Å². The Balaban J connectivity index is 1.84. The van der Waals surface area contributed by atoms with E-state index in [0.717, 1.165) is 18.8 Å². The fourth-order valence-corrected chi connectivity index (χ4v) is 1.56. The maximum Gasteiger partial charge on any atom is 0.191 e. The number of β-amino-alcohol motifs (C(OH)–C–C–N with tert-alkyl or cyclic N) is 1. The Morgan fingerprint density at radius 2 is 2.54 bits per heavy atom. The van der Waals surface area contributed by atoms with Gasteiger partial charge >= 0.3 is 0 Å². The first-order valence-electron chi connectivity index (χ1n) is 4.74. The van der Waals surface area contributed by atoms with Crippen LogP contribution in [0.15, 0.2) is 17.1 Å². The molecule has 0 bridgehead atoms. The largest absolute Gasteiger partial charge is 0.389 e. The van der Waals surface area contributed by atoms with Crippen LogP contribution in [0.1, 0.15) is 12.8 Å². The van der Waals surface area contributed by atoms with Gasteiger partial charge in [-0.15, -0.1) is 0 Å². The van der Waals surface area contributed by atoms with Crippen LogP contribution in [0.3, 0.4) is 0 Å². The second-order valence-corrected chi connectivity index (χ2v) is 3.48. The van der Waals surface area contributed by atoms with Crippen LogP contribution >= 0.6 is 0 Å². The molecule has 0 fully saturated rings. The molecule has 3 N–H and O–H groups in total.